The van der Waals surface area contributed by atoms with Crippen LogP contribution in [0.5, 0.6) is 0 Å². The Morgan fingerprint density at radius 2 is 2.14 bits per heavy atom. The minimum absolute atomic E-state index is 0.0657. The van der Waals surface area contributed by atoms with Gasteiger partial charge in [0.15, 0.2) is 0 Å². The topological polar surface area (TPSA) is 57.6 Å². The van der Waals surface area contributed by atoms with Crippen molar-refractivity contribution in [1.29, 1.82) is 0 Å². The predicted octanol–water partition coefficient (Wildman–Crippen LogP) is 2.78. The Kier molecular flexibility index (Phi) is 5.37. The van der Waals surface area contributed by atoms with Crippen LogP contribution in [-0.2, 0) is 16.0 Å². The minimum atomic E-state index is -0.821. The number of likely N-dealkylation sites (tertiary alicyclic amines) is 1. The Balaban J connectivity index is 1.92. The van der Waals surface area contributed by atoms with E-state index in [1.54, 1.807) is 4.90 Å². The molecule has 114 valence electrons. The van der Waals surface area contributed by atoms with Crippen molar-refractivity contribution in [1.82, 2.24) is 4.90 Å². The molecule has 0 spiro atoms. The lowest BCUT2D eigenvalue weighted by Crippen LogP contribution is -2.44. The Hall–Kier alpha value is -1.84. The molecule has 1 atom stereocenters. The van der Waals surface area contributed by atoms with Gasteiger partial charge in [-0.1, -0.05) is 29.8 Å². The first kappa shape index (κ1) is 15.5. The number of piperidine rings is 1. The molecule has 0 bridgehead atoms. The molecule has 1 amide bonds. The molecule has 1 N–H and O–H groups in total. The largest absolute Gasteiger partial charge is 0.481 e. The Labute approximate surface area is 125 Å². The summed E-state index contributed by atoms with van der Waals surface area (Å²) in [6, 6.07) is 8.05. The van der Waals surface area contributed by atoms with E-state index in [0.29, 0.717) is 13.0 Å². The summed E-state index contributed by atoms with van der Waals surface area (Å²) >= 11 is 0. The molecule has 1 aliphatic rings. The number of carbonyl (C=O) groups is 2. The van der Waals surface area contributed by atoms with Crippen LogP contribution in [0.2, 0.25) is 0 Å². The molecule has 0 saturated carbocycles. The molecule has 0 radical (unpaired) electrons. The zero-order valence-electron chi connectivity index (χ0n) is 12.5. The van der Waals surface area contributed by atoms with E-state index in [4.69, 9.17) is 5.11 Å². The van der Waals surface area contributed by atoms with E-state index in [1.165, 1.54) is 5.56 Å². The first-order chi connectivity index (χ1) is 10.1. The molecule has 1 saturated heterocycles. The summed E-state index contributed by atoms with van der Waals surface area (Å²) in [6.07, 6.45) is 4.04. The number of benzene rings is 1. The molecule has 21 heavy (non-hydrogen) atoms. The number of carboxylic acid groups (broad SMARTS) is 1. The highest BCUT2D eigenvalue weighted by Crippen LogP contribution is 2.21. The lowest BCUT2D eigenvalue weighted by molar-refractivity contribution is -0.141. The van der Waals surface area contributed by atoms with Crippen LogP contribution in [0.25, 0.3) is 0 Å². The fourth-order valence-corrected chi connectivity index (χ4v) is 3.01. The Morgan fingerprint density at radius 3 is 2.86 bits per heavy atom. The minimum Gasteiger partial charge on any atom is -0.481 e. The number of amides is 1. The van der Waals surface area contributed by atoms with E-state index in [0.717, 1.165) is 31.2 Å². The van der Waals surface area contributed by atoms with Crippen LogP contribution in [-0.4, -0.2) is 34.5 Å². The number of nitrogens with zero attached hydrogens (tertiary/aromatic N) is 1. The summed E-state index contributed by atoms with van der Waals surface area (Å²) in [4.78, 5) is 25.1. The number of hydrogen-bond acceptors (Lipinski definition) is 2. The molecule has 0 aliphatic carbocycles. The van der Waals surface area contributed by atoms with Crippen molar-refractivity contribution in [2.24, 2.45) is 0 Å². The molecular weight excluding hydrogens is 266 g/mol. The van der Waals surface area contributed by atoms with Crippen molar-refractivity contribution in [3.05, 3.63) is 35.4 Å². The highest BCUT2D eigenvalue weighted by molar-refractivity contribution is 5.78. The maximum atomic E-state index is 12.4. The number of rotatable bonds is 5. The van der Waals surface area contributed by atoms with Crippen molar-refractivity contribution in [2.45, 2.75) is 51.5 Å². The second-order valence-electron chi connectivity index (χ2n) is 5.82. The third-order valence-electron chi connectivity index (χ3n) is 4.07. The molecule has 1 aromatic rings. The standard InChI is InChI=1S/C17H23NO3/c1-13-5-4-6-14(11-13)8-9-16(19)18-10-3-2-7-15(18)12-17(20)21/h4-6,11,15H,2-3,7-10,12H2,1H3,(H,20,21). The quantitative estimate of drug-likeness (QED) is 0.906. The number of hydrogen-bond donors (Lipinski definition) is 1. The summed E-state index contributed by atoms with van der Waals surface area (Å²) in [5.74, 6) is -0.735. The average Bonchev–Trinajstić information content (AvgIpc) is 2.45. The van der Waals surface area contributed by atoms with Gasteiger partial charge in [-0.3, -0.25) is 9.59 Å². The van der Waals surface area contributed by atoms with Crippen LogP contribution in [0.3, 0.4) is 0 Å². The van der Waals surface area contributed by atoms with Crippen molar-refractivity contribution >= 4 is 11.9 Å². The molecule has 4 nitrogen and oxygen atoms in total. The molecule has 1 heterocycles. The van der Waals surface area contributed by atoms with Gasteiger partial charge in [-0.2, -0.15) is 0 Å². The van der Waals surface area contributed by atoms with E-state index < -0.39 is 5.97 Å². The zero-order valence-corrected chi connectivity index (χ0v) is 12.5. The SMILES string of the molecule is Cc1cccc(CCC(=O)N2CCCCC2CC(=O)O)c1. The third-order valence-corrected chi connectivity index (χ3v) is 4.07. The molecule has 4 heteroatoms. The van der Waals surface area contributed by atoms with E-state index in [-0.39, 0.29) is 18.4 Å². The highest BCUT2D eigenvalue weighted by Gasteiger charge is 2.27. The molecule has 1 aromatic carbocycles. The second kappa shape index (κ2) is 7.25. The summed E-state index contributed by atoms with van der Waals surface area (Å²) in [5, 5.41) is 8.97. The molecular formula is C17H23NO3. The van der Waals surface area contributed by atoms with E-state index in [9.17, 15) is 9.59 Å². The maximum absolute atomic E-state index is 12.4. The van der Waals surface area contributed by atoms with Gasteiger partial charge in [0, 0.05) is 19.0 Å². The summed E-state index contributed by atoms with van der Waals surface area (Å²) in [5.41, 5.74) is 2.36. The van der Waals surface area contributed by atoms with Crippen LogP contribution in [0, 0.1) is 6.92 Å². The van der Waals surface area contributed by atoms with Crippen LogP contribution < -0.4 is 0 Å². The fraction of sp³-hybridized carbons (Fsp3) is 0.529. The average molecular weight is 289 g/mol. The second-order valence-corrected chi connectivity index (χ2v) is 5.82. The normalized spacial score (nSPS) is 18.5. The summed E-state index contributed by atoms with van der Waals surface area (Å²) < 4.78 is 0. The first-order valence-electron chi connectivity index (χ1n) is 7.63. The Morgan fingerprint density at radius 1 is 1.33 bits per heavy atom. The lowest BCUT2D eigenvalue weighted by atomic mass is 9.98. The Bertz CT molecular complexity index is 513. The zero-order chi connectivity index (χ0) is 15.2. The van der Waals surface area contributed by atoms with Crippen molar-refractivity contribution in [2.75, 3.05) is 6.54 Å². The molecule has 1 aliphatic heterocycles. The third kappa shape index (κ3) is 4.59. The molecule has 1 unspecified atom stereocenters. The van der Waals surface area contributed by atoms with Gasteiger partial charge in [0.1, 0.15) is 0 Å². The first-order valence-corrected chi connectivity index (χ1v) is 7.63. The van der Waals surface area contributed by atoms with Crippen molar-refractivity contribution < 1.29 is 14.7 Å². The van der Waals surface area contributed by atoms with Crippen LogP contribution in [0.4, 0.5) is 0 Å². The summed E-state index contributed by atoms with van der Waals surface area (Å²) in [7, 11) is 0. The number of aliphatic carboxylic acids is 1. The van der Waals surface area contributed by atoms with Gasteiger partial charge in [0.2, 0.25) is 5.91 Å². The van der Waals surface area contributed by atoms with Gasteiger partial charge in [-0.15, -0.1) is 0 Å². The van der Waals surface area contributed by atoms with E-state index in [2.05, 4.69) is 6.07 Å². The van der Waals surface area contributed by atoms with Crippen molar-refractivity contribution in [3.8, 4) is 0 Å². The molecule has 2 rings (SSSR count). The van der Waals surface area contributed by atoms with E-state index >= 15 is 0 Å². The fourth-order valence-electron chi connectivity index (χ4n) is 3.01. The smallest absolute Gasteiger partial charge is 0.305 e. The molecule has 1 fully saturated rings. The monoisotopic (exact) mass is 289 g/mol. The molecule has 0 aromatic heterocycles. The number of aryl methyl sites for hydroxylation is 2. The number of carboxylic acids is 1. The van der Waals surface area contributed by atoms with Crippen molar-refractivity contribution in [3.63, 3.8) is 0 Å². The van der Waals surface area contributed by atoms with Gasteiger partial charge in [-0.25, -0.2) is 0 Å². The number of carbonyl (C=O) groups excluding carboxylic acids is 1. The van der Waals surface area contributed by atoms with Gasteiger partial charge < -0.3 is 10.0 Å². The maximum Gasteiger partial charge on any atom is 0.305 e. The van der Waals surface area contributed by atoms with Gasteiger partial charge in [0.25, 0.3) is 0 Å². The lowest BCUT2D eigenvalue weighted by Gasteiger charge is -2.35. The van der Waals surface area contributed by atoms with Gasteiger partial charge in [0.05, 0.1) is 6.42 Å². The van der Waals surface area contributed by atoms with Crippen LogP contribution in [0.1, 0.15) is 43.2 Å². The van der Waals surface area contributed by atoms with E-state index in [1.807, 2.05) is 25.1 Å². The van der Waals surface area contributed by atoms with Crippen LogP contribution >= 0.6 is 0 Å². The van der Waals surface area contributed by atoms with Gasteiger partial charge >= 0.3 is 5.97 Å². The summed E-state index contributed by atoms with van der Waals surface area (Å²) in [6.45, 7) is 2.74. The highest BCUT2D eigenvalue weighted by atomic mass is 16.4. The predicted molar refractivity (Wildman–Crippen MR) is 81.1 cm³/mol. The van der Waals surface area contributed by atoms with Crippen LogP contribution in [0.15, 0.2) is 24.3 Å². The van der Waals surface area contributed by atoms with Gasteiger partial charge in [-0.05, 0) is 38.2 Å².